The molecular weight excluding hydrogens is 282 g/mol. The molecule has 1 amide bonds. The molecule has 0 bridgehead atoms. The number of nitrogens with one attached hydrogen (secondary N) is 1. The van der Waals surface area contributed by atoms with Crippen molar-refractivity contribution >= 4 is 23.4 Å². The molecule has 0 unspecified atom stereocenters. The average molecular weight is 301 g/mol. The summed E-state index contributed by atoms with van der Waals surface area (Å²) < 4.78 is 5.59. The molecule has 0 aliphatic heterocycles. The van der Waals surface area contributed by atoms with Crippen molar-refractivity contribution in [2.45, 2.75) is 18.2 Å². The predicted molar refractivity (Wildman–Crippen MR) is 88.2 cm³/mol. The van der Waals surface area contributed by atoms with E-state index in [-0.39, 0.29) is 12.5 Å². The summed E-state index contributed by atoms with van der Waals surface area (Å²) in [4.78, 5) is 13.1. The topological polar surface area (TPSA) is 38.3 Å². The lowest BCUT2D eigenvalue weighted by atomic mass is 10.1. The summed E-state index contributed by atoms with van der Waals surface area (Å²) in [6.07, 6.45) is 2.90. The number of amides is 1. The molecule has 4 heteroatoms. The number of hydrogen-bond acceptors (Lipinski definition) is 3. The Morgan fingerprint density at radius 3 is 2.52 bits per heavy atom. The highest BCUT2D eigenvalue weighted by Gasteiger charge is 2.06. The number of aryl methyl sites for hydroxylation is 1. The third-order valence-corrected chi connectivity index (χ3v) is 3.83. The maximum Gasteiger partial charge on any atom is 0.262 e. The first-order chi connectivity index (χ1) is 10.2. The molecular formula is C17H19NO2S. The molecule has 0 radical (unpaired) electrons. The fraction of sp³-hybridized carbons (Fsp3) is 0.235. The van der Waals surface area contributed by atoms with Gasteiger partial charge in [0.15, 0.2) is 6.61 Å². The number of carbonyl (C=O) groups is 1. The van der Waals surface area contributed by atoms with Gasteiger partial charge in [0.25, 0.3) is 5.91 Å². The van der Waals surface area contributed by atoms with Crippen LogP contribution in [0.2, 0.25) is 0 Å². The maximum absolute atomic E-state index is 11.9. The minimum Gasteiger partial charge on any atom is -0.483 e. The fourth-order valence-corrected chi connectivity index (χ4v) is 2.36. The molecule has 0 fully saturated rings. The Hall–Kier alpha value is -1.94. The van der Waals surface area contributed by atoms with Crippen LogP contribution < -0.4 is 10.1 Å². The summed E-state index contributed by atoms with van der Waals surface area (Å²) in [5, 5.41) is 2.83. The van der Waals surface area contributed by atoms with Gasteiger partial charge < -0.3 is 10.1 Å². The standard InChI is InChI=1S/C17H19NO2S/c1-3-13-6-4-5-7-16(13)20-12-17(19)18-14-8-10-15(21-2)11-9-14/h4-11H,3,12H2,1-2H3,(H,18,19). The highest BCUT2D eigenvalue weighted by Crippen LogP contribution is 2.19. The number of thioether (sulfide) groups is 1. The number of para-hydroxylation sites is 1. The van der Waals surface area contributed by atoms with Gasteiger partial charge in [0.05, 0.1) is 0 Å². The molecule has 0 saturated carbocycles. The van der Waals surface area contributed by atoms with Crippen molar-refractivity contribution < 1.29 is 9.53 Å². The largest absolute Gasteiger partial charge is 0.483 e. The van der Waals surface area contributed by atoms with Crippen LogP contribution in [0, 0.1) is 0 Å². The van der Waals surface area contributed by atoms with Crippen LogP contribution in [-0.4, -0.2) is 18.8 Å². The van der Waals surface area contributed by atoms with Crippen LogP contribution in [0.1, 0.15) is 12.5 Å². The van der Waals surface area contributed by atoms with E-state index in [1.165, 1.54) is 4.90 Å². The average Bonchev–Trinajstić information content (AvgIpc) is 2.54. The SMILES string of the molecule is CCc1ccccc1OCC(=O)Nc1ccc(SC)cc1. The van der Waals surface area contributed by atoms with Gasteiger partial charge in [0.2, 0.25) is 0 Å². The van der Waals surface area contributed by atoms with E-state index in [9.17, 15) is 4.79 Å². The minimum atomic E-state index is -0.155. The van der Waals surface area contributed by atoms with Crippen LogP contribution in [0.4, 0.5) is 5.69 Å². The normalized spacial score (nSPS) is 10.2. The molecule has 0 saturated heterocycles. The van der Waals surface area contributed by atoms with Crippen LogP contribution in [0.15, 0.2) is 53.4 Å². The van der Waals surface area contributed by atoms with E-state index in [2.05, 4.69) is 12.2 Å². The quantitative estimate of drug-likeness (QED) is 0.820. The van der Waals surface area contributed by atoms with Gasteiger partial charge in [-0.25, -0.2) is 0 Å². The van der Waals surface area contributed by atoms with Gasteiger partial charge in [-0.15, -0.1) is 11.8 Å². The van der Waals surface area contributed by atoms with E-state index in [0.29, 0.717) is 0 Å². The number of ether oxygens (including phenoxy) is 1. The molecule has 0 heterocycles. The van der Waals surface area contributed by atoms with Crippen LogP contribution in [0.25, 0.3) is 0 Å². The van der Waals surface area contributed by atoms with Crippen molar-refractivity contribution in [3.05, 3.63) is 54.1 Å². The Kier molecular flexibility index (Phi) is 5.69. The van der Waals surface area contributed by atoms with Gasteiger partial charge in [-0.2, -0.15) is 0 Å². The molecule has 1 N–H and O–H groups in total. The smallest absolute Gasteiger partial charge is 0.262 e. The first-order valence-corrected chi connectivity index (χ1v) is 8.10. The van der Waals surface area contributed by atoms with Crippen LogP contribution in [0.3, 0.4) is 0 Å². The van der Waals surface area contributed by atoms with E-state index in [0.717, 1.165) is 23.4 Å². The second-order valence-corrected chi connectivity index (χ2v) is 5.41. The molecule has 2 aromatic carbocycles. The molecule has 2 rings (SSSR count). The Morgan fingerprint density at radius 2 is 1.86 bits per heavy atom. The third kappa shape index (κ3) is 4.53. The van der Waals surface area contributed by atoms with E-state index in [1.807, 2.05) is 54.8 Å². The Morgan fingerprint density at radius 1 is 1.14 bits per heavy atom. The molecule has 0 aromatic heterocycles. The van der Waals surface area contributed by atoms with E-state index in [4.69, 9.17) is 4.74 Å². The highest BCUT2D eigenvalue weighted by atomic mass is 32.2. The van der Waals surface area contributed by atoms with Crippen LogP contribution in [-0.2, 0) is 11.2 Å². The highest BCUT2D eigenvalue weighted by molar-refractivity contribution is 7.98. The number of hydrogen-bond donors (Lipinski definition) is 1. The number of benzene rings is 2. The lowest BCUT2D eigenvalue weighted by Gasteiger charge is -2.10. The van der Waals surface area contributed by atoms with Crippen molar-refractivity contribution in [2.24, 2.45) is 0 Å². The van der Waals surface area contributed by atoms with E-state index >= 15 is 0 Å². The van der Waals surface area contributed by atoms with Crippen molar-refractivity contribution in [3.8, 4) is 5.75 Å². The Labute approximate surface area is 129 Å². The number of rotatable bonds is 6. The van der Waals surface area contributed by atoms with Gasteiger partial charge in [-0.05, 0) is 48.6 Å². The molecule has 2 aromatic rings. The van der Waals surface area contributed by atoms with Crippen molar-refractivity contribution in [1.29, 1.82) is 0 Å². The molecule has 3 nitrogen and oxygen atoms in total. The van der Waals surface area contributed by atoms with Crippen LogP contribution >= 0.6 is 11.8 Å². The molecule has 0 atom stereocenters. The number of carbonyl (C=O) groups excluding carboxylic acids is 1. The second kappa shape index (κ2) is 7.74. The van der Waals surface area contributed by atoms with Gasteiger partial charge in [0.1, 0.15) is 5.75 Å². The zero-order valence-corrected chi connectivity index (χ0v) is 13.1. The van der Waals surface area contributed by atoms with Gasteiger partial charge in [0, 0.05) is 10.6 Å². The summed E-state index contributed by atoms with van der Waals surface area (Å²) in [6, 6.07) is 15.5. The molecule has 110 valence electrons. The molecule has 0 spiro atoms. The summed E-state index contributed by atoms with van der Waals surface area (Å²) >= 11 is 1.67. The lowest BCUT2D eigenvalue weighted by molar-refractivity contribution is -0.118. The zero-order chi connectivity index (χ0) is 15.1. The summed E-state index contributed by atoms with van der Waals surface area (Å²) in [5.41, 5.74) is 1.89. The third-order valence-electron chi connectivity index (χ3n) is 3.09. The summed E-state index contributed by atoms with van der Waals surface area (Å²) in [6.45, 7) is 2.08. The van der Waals surface area contributed by atoms with Crippen LogP contribution in [0.5, 0.6) is 5.75 Å². The Bertz CT molecular complexity index is 596. The van der Waals surface area contributed by atoms with Crippen molar-refractivity contribution in [2.75, 3.05) is 18.2 Å². The predicted octanol–water partition coefficient (Wildman–Crippen LogP) is 3.99. The Balaban J connectivity index is 1.89. The van der Waals surface area contributed by atoms with E-state index < -0.39 is 0 Å². The maximum atomic E-state index is 11.9. The van der Waals surface area contributed by atoms with Crippen molar-refractivity contribution in [3.63, 3.8) is 0 Å². The van der Waals surface area contributed by atoms with Gasteiger partial charge >= 0.3 is 0 Å². The number of anilines is 1. The lowest BCUT2D eigenvalue weighted by Crippen LogP contribution is -2.20. The van der Waals surface area contributed by atoms with E-state index in [1.54, 1.807) is 11.8 Å². The molecule has 21 heavy (non-hydrogen) atoms. The monoisotopic (exact) mass is 301 g/mol. The van der Waals surface area contributed by atoms with Gasteiger partial charge in [-0.1, -0.05) is 25.1 Å². The fourth-order valence-electron chi connectivity index (χ4n) is 1.95. The van der Waals surface area contributed by atoms with Gasteiger partial charge in [-0.3, -0.25) is 4.79 Å². The van der Waals surface area contributed by atoms with Crippen molar-refractivity contribution in [1.82, 2.24) is 0 Å². The second-order valence-electron chi connectivity index (χ2n) is 4.53. The first kappa shape index (κ1) is 15.4. The molecule has 0 aliphatic rings. The zero-order valence-electron chi connectivity index (χ0n) is 12.3. The first-order valence-electron chi connectivity index (χ1n) is 6.87. The molecule has 0 aliphatic carbocycles. The minimum absolute atomic E-state index is 0.0152. The summed E-state index contributed by atoms with van der Waals surface area (Å²) in [5.74, 6) is 0.616. The summed E-state index contributed by atoms with van der Waals surface area (Å²) in [7, 11) is 0.